The first kappa shape index (κ1) is 13.6. The Morgan fingerprint density at radius 3 is 2.62 bits per heavy atom. The Kier molecular flexibility index (Phi) is 3.84. The molecule has 0 saturated carbocycles. The zero-order valence-electron chi connectivity index (χ0n) is 11.5. The number of hydrogen-bond acceptors (Lipinski definition) is 3. The molecule has 0 radical (unpaired) electrons. The number of nitrogens with zero attached hydrogens (tertiary/aromatic N) is 2. The highest BCUT2D eigenvalue weighted by Crippen LogP contribution is 2.20. The Morgan fingerprint density at radius 1 is 1.05 bits per heavy atom. The molecule has 21 heavy (non-hydrogen) atoms. The van der Waals surface area contributed by atoms with Gasteiger partial charge in [-0.1, -0.05) is 41.9 Å². The summed E-state index contributed by atoms with van der Waals surface area (Å²) in [6.45, 7) is 1.95. The van der Waals surface area contributed by atoms with E-state index in [1.54, 1.807) is 6.20 Å². The number of nitrogens with one attached hydrogen (secondary N) is 1. The van der Waals surface area contributed by atoms with Gasteiger partial charge in [0.05, 0.1) is 16.9 Å². The molecule has 0 atom stereocenters. The van der Waals surface area contributed by atoms with Crippen molar-refractivity contribution in [1.82, 2.24) is 4.98 Å². The molecule has 0 fully saturated rings. The summed E-state index contributed by atoms with van der Waals surface area (Å²) in [6, 6.07) is 17.5. The second-order valence-corrected chi connectivity index (χ2v) is 5.13. The number of halogens is 1. The predicted molar refractivity (Wildman–Crippen MR) is 89.0 cm³/mol. The number of anilines is 1. The van der Waals surface area contributed by atoms with Crippen molar-refractivity contribution in [2.45, 2.75) is 6.92 Å². The Bertz CT molecular complexity index is 789. The van der Waals surface area contributed by atoms with Gasteiger partial charge in [0.25, 0.3) is 0 Å². The van der Waals surface area contributed by atoms with Crippen LogP contribution in [0, 0.1) is 0 Å². The van der Waals surface area contributed by atoms with Crippen LogP contribution in [0.25, 0.3) is 10.9 Å². The zero-order chi connectivity index (χ0) is 14.7. The van der Waals surface area contributed by atoms with Crippen LogP contribution in [0.2, 0.25) is 5.02 Å². The summed E-state index contributed by atoms with van der Waals surface area (Å²) in [6.07, 6.45) is 1.78. The summed E-state index contributed by atoms with van der Waals surface area (Å²) in [4.78, 5) is 4.39. The molecular formula is C17H14ClN3. The number of para-hydroxylation sites is 1. The maximum Gasteiger partial charge on any atom is 0.0951 e. The third kappa shape index (κ3) is 3.03. The number of pyridine rings is 1. The highest BCUT2D eigenvalue weighted by Gasteiger charge is 2.01. The third-order valence-corrected chi connectivity index (χ3v) is 3.49. The van der Waals surface area contributed by atoms with Gasteiger partial charge in [0.1, 0.15) is 0 Å². The molecule has 1 aromatic heterocycles. The number of hydrogen-bond donors (Lipinski definition) is 1. The molecule has 1 heterocycles. The Morgan fingerprint density at radius 2 is 1.81 bits per heavy atom. The highest BCUT2D eigenvalue weighted by atomic mass is 35.5. The lowest BCUT2D eigenvalue weighted by molar-refractivity contribution is 1.31. The van der Waals surface area contributed by atoms with Gasteiger partial charge in [-0.15, -0.1) is 0 Å². The fourth-order valence-electron chi connectivity index (χ4n) is 2.09. The van der Waals surface area contributed by atoms with Crippen LogP contribution in [0.1, 0.15) is 12.5 Å². The molecule has 0 aliphatic carbocycles. The van der Waals surface area contributed by atoms with Crippen molar-refractivity contribution in [2.75, 3.05) is 5.43 Å². The van der Waals surface area contributed by atoms with Gasteiger partial charge in [-0.05, 0) is 36.8 Å². The van der Waals surface area contributed by atoms with Gasteiger partial charge in [0, 0.05) is 16.6 Å². The van der Waals surface area contributed by atoms with Crippen molar-refractivity contribution in [2.24, 2.45) is 5.10 Å². The second kappa shape index (κ2) is 5.94. The van der Waals surface area contributed by atoms with Gasteiger partial charge in [0.2, 0.25) is 0 Å². The molecule has 104 valence electrons. The molecule has 2 aromatic carbocycles. The molecule has 1 N–H and O–H groups in total. The minimum atomic E-state index is 0.720. The topological polar surface area (TPSA) is 37.3 Å². The van der Waals surface area contributed by atoms with E-state index < -0.39 is 0 Å². The molecular weight excluding hydrogens is 282 g/mol. The first-order chi connectivity index (χ1) is 10.2. The summed E-state index contributed by atoms with van der Waals surface area (Å²) < 4.78 is 0. The van der Waals surface area contributed by atoms with Crippen molar-refractivity contribution in [3.8, 4) is 0 Å². The van der Waals surface area contributed by atoms with E-state index in [1.165, 1.54) is 0 Å². The minimum Gasteiger partial charge on any atom is -0.276 e. The van der Waals surface area contributed by atoms with Gasteiger partial charge in [-0.25, -0.2) is 0 Å². The maximum atomic E-state index is 5.89. The monoisotopic (exact) mass is 295 g/mol. The van der Waals surface area contributed by atoms with Crippen molar-refractivity contribution in [3.63, 3.8) is 0 Å². The lowest BCUT2D eigenvalue weighted by Gasteiger charge is -2.06. The summed E-state index contributed by atoms with van der Waals surface area (Å²) in [7, 11) is 0. The van der Waals surface area contributed by atoms with Gasteiger partial charge >= 0.3 is 0 Å². The van der Waals surface area contributed by atoms with Crippen LogP contribution < -0.4 is 5.43 Å². The number of fused-ring (bicyclic) bond motifs is 1. The standard InChI is InChI=1S/C17H14ClN3/c1-12(13-7-9-15(18)10-8-13)20-21-16-6-2-4-14-5-3-11-19-17(14)16/h2-11,21H,1H3/b20-12+. The van der Waals surface area contributed by atoms with Crippen molar-refractivity contribution in [3.05, 3.63) is 71.4 Å². The first-order valence-corrected chi connectivity index (χ1v) is 7.02. The summed E-state index contributed by atoms with van der Waals surface area (Å²) in [5, 5.41) is 6.23. The van der Waals surface area contributed by atoms with Crippen molar-refractivity contribution < 1.29 is 0 Å². The SMILES string of the molecule is C/C(=N\Nc1cccc2cccnc12)c1ccc(Cl)cc1. The molecule has 0 spiro atoms. The molecule has 0 aliphatic heterocycles. The van der Waals surface area contributed by atoms with Crippen LogP contribution in [0.4, 0.5) is 5.69 Å². The van der Waals surface area contributed by atoms with Gasteiger partial charge in [0.15, 0.2) is 0 Å². The van der Waals surface area contributed by atoms with E-state index in [2.05, 4.69) is 15.5 Å². The Hall–Kier alpha value is -2.39. The molecule has 3 rings (SSSR count). The van der Waals surface area contributed by atoms with Crippen LogP contribution in [0.3, 0.4) is 0 Å². The molecule has 4 heteroatoms. The van der Waals surface area contributed by atoms with Crippen LogP contribution in [-0.2, 0) is 0 Å². The predicted octanol–water partition coefficient (Wildman–Crippen LogP) is 4.72. The molecule has 3 aromatic rings. The van der Waals surface area contributed by atoms with E-state index in [9.17, 15) is 0 Å². The number of benzene rings is 2. The van der Waals surface area contributed by atoms with Crippen LogP contribution in [0.5, 0.6) is 0 Å². The van der Waals surface area contributed by atoms with Gasteiger partial charge in [-0.2, -0.15) is 5.10 Å². The number of rotatable bonds is 3. The average Bonchev–Trinajstić information content (AvgIpc) is 2.53. The third-order valence-electron chi connectivity index (χ3n) is 3.24. The maximum absolute atomic E-state index is 5.89. The Balaban J connectivity index is 1.88. The van der Waals surface area contributed by atoms with E-state index in [0.29, 0.717) is 0 Å². The average molecular weight is 296 g/mol. The van der Waals surface area contributed by atoms with E-state index in [-0.39, 0.29) is 0 Å². The molecule has 0 saturated heterocycles. The quantitative estimate of drug-likeness (QED) is 0.560. The molecule has 0 aliphatic rings. The highest BCUT2D eigenvalue weighted by molar-refractivity contribution is 6.30. The first-order valence-electron chi connectivity index (χ1n) is 6.64. The lowest BCUT2D eigenvalue weighted by Crippen LogP contribution is -2.00. The lowest BCUT2D eigenvalue weighted by atomic mass is 10.1. The van der Waals surface area contributed by atoms with Crippen LogP contribution in [-0.4, -0.2) is 10.7 Å². The zero-order valence-corrected chi connectivity index (χ0v) is 12.3. The second-order valence-electron chi connectivity index (χ2n) is 4.70. The number of hydrazone groups is 1. The minimum absolute atomic E-state index is 0.720. The fraction of sp³-hybridized carbons (Fsp3) is 0.0588. The normalized spacial score (nSPS) is 11.6. The molecule has 0 bridgehead atoms. The van der Waals surface area contributed by atoms with Crippen molar-refractivity contribution >= 4 is 33.9 Å². The fourth-order valence-corrected chi connectivity index (χ4v) is 2.22. The molecule has 3 nitrogen and oxygen atoms in total. The number of aromatic nitrogens is 1. The van der Waals surface area contributed by atoms with Crippen molar-refractivity contribution in [1.29, 1.82) is 0 Å². The van der Waals surface area contributed by atoms with Gasteiger partial charge < -0.3 is 0 Å². The largest absolute Gasteiger partial charge is 0.276 e. The molecule has 0 unspecified atom stereocenters. The smallest absolute Gasteiger partial charge is 0.0951 e. The molecule has 0 amide bonds. The summed E-state index contributed by atoms with van der Waals surface area (Å²) >= 11 is 5.89. The van der Waals surface area contributed by atoms with E-state index in [4.69, 9.17) is 11.6 Å². The van der Waals surface area contributed by atoms with E-state index in [1.807, 2.05) is 61.5 Å². The van der Waals surface area contributed by atoms with Crippen LogP contribution >= 0.6 is 11.6 Å². The van der Waals surface area contributed by atoms with Gasteiger partial charge in [-0.3, -0.25) is 10.4 Å². The van der Waals surface area contributed by atoms with E-state index >= 15 is 0 Å². The van der Waals surface area contributed by atoms with Crippen LogP contribution in [0.15, 0.2) is 65.9 Å². The van der Waals surface area contributed by atoms with E-state index in [0.717, 1.165) is 32.9 Å². The summed E-state index contributed by atoms with van der Waals surface area (Å²) in [5.74, 6) is 0. The Labute approximate surface area is 128 Å². The summed E-state index contributed by atoms with van der Waals surface area (Å²) in [5.41, 5.74) is 6.81.